The van der Waals surface area contributed by atoms with E-state index in [2.05, 4.69) is 54.2 Å². The van der Waals surface area contributed by atoms with Gasteiger partial charge in [0.2, 0.25) is 5.89 Å². The van der Waals surface area contributed by atoms with Crippen molar-refractivity contribution in [1.29, 1.82) is 0 Å². The minimum atomic E-state index is 0.131. The predicted molar refractivity (Wildman–Crippen MR) is 108 cm³/mol. The van der Waals surface area contributed by atoms with E-state index in [0.717, 1.165) is 21.8 Å². The number of nitrogens with zero attached hydrogens (tertiary/aromatic N) is 3. The first-order chi connectivity index (χ1) is 12.5. The largest absolute Gasteiger partial charge is 0.411 e. The van der Waals surface area contributed by atoms with Crippen LogP contribution in [0.2, 0.25) is 0 Å². The van der Waals surface area contributed by atoms with Gasteiger partial charge in [-0.3, -0.25) is 0 Å². The molecule has 6 heteroatoms. The van der Waals surface area contributed by atoms with Gasteiger partial charge < -0.3 is 4.42 Å². The van der Waals surface area contributed by atoms with Crippen molar-refractivity contribution < 1.29 is 4.42 Å². The maximum Gasteiger partial charge on any atom is 0.277 e. The topological polar surface area (TPSA) is 51.8 Å². The molecule has 4 nitrogen and oxygen atoms in total. The van der Waals surface area contributed by atoms with Crippen LogP contribution in [0.3, 0.4) is 0 Å². The van der Waals surface area contributed by atoms with Gasteiger partial charge in [-0.1, -0.05) is 56.8 Å². The van der Waals surface area contributed by atoms with Gasteiger partial charge in [-0.25, -0.2) is 4.98 Å². The first kappa shape index (κ1) is 17.2. The average molecular weight is 382 g/mol. The van der Waals surface area contributed by atoms with Crippen molar-refractivity contribution in [3.05, 3.63) is 59.1 Å². The smallest absolute Gasteiger partial charge is 0.277 e. The van der Waals surface area contributed by atoms with Gasteiger partial charge >= 0.3 is 0 Å². The SMILES string of the molecule is CC(C)(C)c1ccc(-c2nnc(SCc3nc4ccccc4s3)o2)cc1. The summed E-state index contributed by atoms with van der Waals surface area (Å²) in [4.78, 5) is 4.63. The molecule has 4 aromatic rings. The summed E-state index contributed by atoms with van der Waals surface area (Å²) in [6.45, 7) is 6.60. The van der Waals surface area contributed by atoms with Crippen molar-refractivity contribution in [2.24, 2.45) is 0 Å². The van der Waals surface area contributed by atoms with Gasteiger partial charge in [0, 0.05) is 5.56 Å². The van der Waals surface area contributed by atoms with E-state index in [0.29, 0.717) is 11.1 Å². The Kier molecular flexibility index (Phi) is 4.54. The van der Waals surface area contributed by atoms with E-state index in [1.165, 1.54) is 22.0 Å². The zero-order chi connectivity index (χ0) is 18.1. The van der Waals surface area contributed by atoms with Crippen LogP contribution in [0.1, 0.15) is 31.3 Å². The van der Waals surface area contributed by atoms with Crippen LogP contribution in [-0.4, -0.2) is 15.2 Å². The average Bonchev–Trinajstić information content (AvgIpc) is 3.26. The van der Waals surface area contributed by atoms with E-state index >= 15 is 0 Å². The summed E-state index contributed by atoms with van der Waals surface area (Å²) in [5.41, 5.74) is 3.40. The first-order valence-corrected chi connectivity index (χ1v) is 10.2. The molecule has 0 N–H and O–H groups in total. The van der Waals surface area contributed by atoms with Crippen molar-refractivity contribution in [2.75, 3.05) is 0 Å². The van der Waals surface area contributed by atoms with E-state index in [9.17, 15) is 0 Å². The van der Waals surface area contributed by atoms with Crippen molar-refractivity contribution >= 4 is 33.3 Å². The van der Waals surface area contributed by atoms with Crippen LogP contribution in [0.5, 0.6) is 0 Å². The van der Waals surface area contributed by atoms with Gasteiger partial charge in [0.05, 0.1) is 16.0 Å². The molecule has 0 aliphatic heterocycles. The highest BCUT2D eigenvalue weighted by Crippen LogP contribution is 2.30. The summed E-state index contributed by atoms with van der Waals surface area (Å²) in [5.74, 6) is 1.28. The van der Waals surface area contributed by atoms with Crippen LogP contribution in [0, 0.1) is 0 Å². The first-order valence-electron chi connectivity index (χ1n) is 8.41. The Morgan fingerprint density at radius 1 is 1.00 bits per heavy atom. The maximum atomic E-state index is 5.81. The van der Waals surface area contributed by atoms with Gasteiger partial charge in [-0.15, -0.1) is 21.5 Å². The highest BCUT2D eigenvalue weighted by atomic mass is 32.2. The number of hydrogen-bond donors (Lipinski definition) is 0. The molecule has 0 radical (unpaired) electrons. The molecule has 0 aliphatic rings. The third-order valence-corrected chi connectivity index (χ3v) is 6.11. The number of fused-ring (bicyclic) bond motifs is 1. The fraction of sp³-hybridized carbons (Fsp3) is 0.250. The third-order valence-electron chi connectivity index (χ3n) is 4.06. The molecule has 2 aromatic heterocycles. The summed E-state index contributed by atoms with van der Waals surface area (Å²) >= 11 is 3.22. The molecular formula is C20H19N3OS2. The zero-order valence-electron chi connectivity index (χ0n) is 14.9. The minimum Gasteiger partial charge on any atom is -0.411 e. The second kappa shape index (κ2) is 6.85. The number of hydrogen-bond acceptors (Lipinski definition) is 6. The monoisotopic (exact) mass is 381 g/mol. The van der Waals surface area contributed by atoms with Crippen molar-refractivity contribution in [3.8, 4) is 11.5 Å². The van der Waals surface area contributed by atoms with E-state index in [1.807, 2.05) is 30.3 Å². The quantitative estimate of drug-likeness (QED) is 0.410. The second-order valence-electron chi connectivity index (χ2n) is 7.06. The Hall–Kier alpha value is -2.18. The number of aromatic nitrogens is 3. The Morgan fingerprint density at radius 2 is 1.77 bits per heavy atom. The number of rotatable bonds is 4. The summed E-state index contributed by atoms with van der Waals surface area (Å²) in [5, 5.41) is 9.96. The maximum absolute atomic E-state index is 5.81. The summed E-state index contributed by atoms with van der Waals surface area (Å²) in [6, 6.07) is 16.5. The van der Waals surface area contributed by atoms with Crippen LogP contribution in [0.15, 0.2) is 58.2 Å². The summed E-state index contributed by atoms with van der Waals surface area (Å²) in [6.07, 6.45) is 0. The fourth-order valence-electron chi connectivity index (χ4n) is 2.60. The van der Waals surface area contributed by atoms with Crippen molar-refractivity contribution in [2.45, 2.75) is 37.2 Å². The molecule has 0 atom stereocenters. The highest BCUT2D eigenvalue weighted by Gasteiger charge is 2.15. The van der Waals surface area contributed by atoms with Crippen LogP contribution in [0.4, 0.5) is 0 Å². The second-order valence-corrected chi connectivity index (χ2v) is 9.11. The number of para-hydroxylation sites is 1. The van der Waals surface area contributed by atoms with Crippen LogP contribution in [-0.2, 0) is 11.2 Å². The molecule has 2 heterocycles. The molecule has 0 spiro atoms. The minimum absolute atomic E-state index is 0.131. The molecule has 0 saturated heterocycles. The Morgan fingerprint density at radius 3 is 2.50 bits per heavy atom. The van der Waals surface area contributed by atoms with Crippen LogP contribution < -0.4 is 0 Å². The molecule has 0 fully saturated rings. The Labute approximate surface area is 160 Å². The molecule has 26 heavy (non-hydrogen) atoms. The number of thiazole rings is 1. The Balaban J connectivity index is 1.46. The molecule has 0 bridgehead atoms. The van der Waals surface area contributed by atoms with E-state index < -0.39 is 0 Å². The number of thioether (sulfide) groups is 1. The summed E-state index contributed by atoms with van der Waals surface area (Å²) in [7, 11) is 0. The lowest BCUT2D eigenvalue weighted by Gasteiger charge is -2.18. The molecular weight excluding hydrogens is 362 g/mol. The van der Waals surface area contributed by atoms with Crippen LogP contribution in [0.25, 0.3) is 21.7 Å². The lowest BCUT2D eigenvalue weighted by molar-refractivity contribution is 0.465. The van der Waals surface area contributed by atoms with Crippen LogP contribution >= 0.6 is 23.1 Å². The zero-order valence-corrected chi connectivity index (χ0v) is 16.5. The standard InChI is InChI=1S/C20H19N3OS2/c1-20(2,3)14-10-8-13(9-11-14)18-22-23-19(24-18)25-12-17-21-15-6-4-5-7-16(15)26-17/h4-11H,12H2,1-3H3. The lowest BCUT2D eigenvalue weighted by atomic mass is 9.87. The molecule has 0 aliphatic carbocycles. The van der Waals surface area contributed by atoms with E-state index in [1.54, 1.807) is 11.3 Å². The van der Waals surface area contributed by atoms with E-state index in [4.69, 9.17) is 4.42 Å². The molecule has 0 amide bonds. The van der Waals surface area contributed by atoms with Gasteiger partial charge in [-0.05, 0) is 35.2 Å². The molecule has 0 saturated carbocycles. The van der Waals surface area contributed by atoms with Gasteiger partial charge in [0.1, 0.15) is 5.01 Å². The molecule has 4 rings (SSSR count). The van der Waals surface area contributed by atoms with Crippen molar-refractivity contribution in [3.63, 3.8) is 0 Å². The fourth-order valence-corrected chi connectivity index (χ4v) is 4.33. The van der Waals surface area contributed by atoms with Crippen molar-refractivity contribution in [1.82, 2.24) is 15.2 Å². The molecule has 2 aromatic carbocycles. The summed E-state index contributed by atoms with van der Waals surface area (Å²) < 4.78 is 7.01. The third kappa shape index (κ3) is 3.66. The lowest BCUT2D eigenvalue weighted by Crippen LogP contribution is -2.10. The van der Waals surface area contributed by atoms with E-state index in [-0.39, 0.29) is 5.41 Å². The molecule has 132 valence electrons. The van der Waals surface area contributed by atoms with Gasteiger partial charge in [0.15, 0.2) is 0 Å². The van der Waals surface area contributed by atoms with Gasteiger partial charge in [0.25, 0.3) is 5.22 Å². The highest BCUT2D eigenvalue weighted by molar-refractivity contribution is 7.98. The predicted octanol–water partition coefficient (Wildman–Crippen LogP) is 5.94. The normalized spacial score (nSPS) is 12.0. The molecule has 0 unspecified atom stereocenters. The van der Waals surface area contributed by atoms with Gasteiger partial charge in [-0.2, -0.15) is 0 Å². The Bertz CT molecular complexity index is 996. The number of benzene rings is 2.